The summed E-state index contributed by atoms with van der Waals surface area (Å²) < 4.78 is 2.36. The van der Waals surface area contributed by atoms with Gasteiger partial charge in [-0.2, -0.15) is 0 Å². The second-order valence-corrected chi connectivity index (χ2v) is 8.64. The molecule has 0 bridgehead atoms. The second kappa shape index (κ2) is 8.68. The third kappa shape index (κ3) is 3.41. The number of fused-ring (bicyclic) bond motifs is 2. The van der Waals surface area contributed by atoms with E-state index in [-0.39, 0.29) is 0 Å². The Morgan fingerprint density at radius 1 is 0.824 bits per heavy atom. The molecule has 0 radical (unpaired) electrons. The fourth-order valence-electron chi connectivity index (χ4n) is 5.09. The SMILES string of the molecule is CCN(c1ccccc1)c1ccc(-c2nc3ccccc3n2C2=CC=CCC2)c2ccccc12. The minimum absolute atomic E-state index is 0.894. The topological polar surface area (TPSA) is 21.1 Å². The summed E-state index contributed by atoms with van der Waals surface area (Å²) in [7, 11) is 0. The number of allylic oxidation sites excluding steroid dienone is 4. The lowest BCUT2D eigenvalue weighted by molar-refractivity contribution is 0.960. The van der Waals surface area contributed by atoms with E-state index in [0.717, 1.165) is 41.8 Å². The van der Waals surface area contributed by atoms with Gasteiger partial charge < -0.3 is 4.90 Å². The number of aromatic nitrogens is 2. The van der Waals surface area contributed by atoms with Gasteiger partial charge in [0.2, 0.25) is 0 Å². The number of anilines is 2. The first-order valence-corrected chi connectivity index (χ1v) is 12.0. The molecular formula is C31H27N3. The van der Waals surface area contributed by atoms with E-state index < -0.39 is 0 Å². The average molecular weight is 442 g/mol. The molecule has 1 aliphatic rings. The Kier molecular flexibility index (Phi) is 5.23. The maximum absolute atomic E-state index is 5.15. The molecule has 166 valence electrons. The van der Waals surface area contributed by atoms with Crippen LogP contribution in [0.4, 0.5) is 11.4 Å². The van der Waals surface area contributed by atoms with Crippen molar-refractivity contribution in [3.05, 3.63) is 109 Å². The zero-order valence-electron chi connectivity index (χ0n) is 19.4. The first-order chi connectivity index (χ1) is 16.8. The summed E-state index contributed by atoms with van der Waals surface area (Å²) in [5, 5.41) is 2.46. The van der Waals surface area contributed by atoms with Crippen molar-refractivity contribution in [2.24, 2.45) is 0 Å². The van der Waals surface area contributed by atoms with Crippen LogP contribution in [0.25, 0.3) is 38.9 Å². The molecule has 3 heteroatoms. The van der Waals surface area contributed by atoms with E-state index in [2.05, 4.69) is 126 Å². The van der Waals surface area contributed by atoms with Crippen LogP contribution in [0.2, 0.25) is 0 Å². The molecule has 0 saturated heterocycles. The van der Waals surface area contributed by atoms with Crippen LogP contribution in [0.3, 0.4) is 0 Å². The van der Waals surface area contributed by atoms with Gasteiger partial charge in [-0.3, -0.25) is 4.57 Å². The summed E-state index contributed by atoms with van der Waals surface area (Å²) in [4.78, 5) is 7.52. The highest BCUT2D eigenvalue weighted by Crippen LogP contribution is 2.39. The molecule has 0 N–H and O–H groups in total. The fourth-order valence-corrected chi connectivity index (χ4v) is 5.09. The molecule has 0 atom stereocenters. The lowest BCUT2D eigenvalue weighted by atomic mass is 10.0. The van der Waals surface area contributed by atoms with Gasteiger partial charge in [-0.05, 0) is 67.6 Å². The van der Waals surface area contributed by atoms with E-state index in [1.807, 2.05) is 0 Å². The Labute approximate surface area is 200 Å². The van der Waals surface area contributed by atoms with E-state index in [1.54, 1.807) is 0 Å². The minimum atomic E-state index is 0.894. The van der Waals surface area contributed by atoms with E-state index in [9.17, 15) is 0 Å². The number of benzene rings is 4. The lowest BCUT2D eigenvalue weighted by Gasteiger charge is -2.26. The molecule has 6 rings (SSSR count). The number of nitrogens with zero attached hydrogens (tertiary/aromatic N) is 3. The first-order valence-electron chi connectivity index (χ1n) is 12.0. The molecule has 0 saturated carbocycles. The monoisotopic (exact) mass is 441 g/mol. The van der Waals surface area contributed by atoms with Crippen LogP contribution in [-0.2, 0) is 0 Å². The molecule has 0 fully saturated rings. The third-order valence-electron chi connectivity index (χ3n) is 6.66. The van der Waals surface area contributed by atoms with Crippen molar-refractivity contribution < 1.29 is 0 Å². The number of imidazole rings is 1. The Hall–Kier alpha value is -4.11. The number of hydrogen-bond donors (Lipinski definition) is 0. The van der Waals surface area contributed by atoms with Crippen molar-refractivity contribution in [1.29, 1.82) is 0 Å². The molecular weight excluding hydrogens is 414 g/mol. The van der Waals surface area contributed by atoms with Gasteiger partial charge in [-0.1, -0.05) is 66.7 Å². The van der Waals surface area contributed by atoms with E-state index in [4.69, 9.17) is 4.98 Å². The maximum Gasteiger partial charge on any atom is 0.146 e. The molecule has 1 aliphatic carbocycles. The third-order valence-corrected chi connectivity index (χ3v) is 6.66. The quantitative estimate of drug-likeness (QED) is 0.274. The molecule has 5 aromatic rings. The molecule has 3 nitrogen and oxygen atoms in total. The van der Waals surface area contributed by atoms with E-state index in [0.29, 0.717) is 0 Å². The molecule has 34 heavy (non-hydrogen) atoms. The van der Waals surface area contributed by atoms with Crippen LogP contribution in [0.15, 0.2) is 109 Å². The normalized spacial score (nSPS) is 13.4. The highest BCUT2D eigenvalue weighted by molar-refractivity contribution is 6.05. The lowest BCUT2D eigenvalue weighted by Crippen LogP contribution is -2.16. The summed E-state index contributed by atoms with van der Waals surface area (Å²) >= 11 is 0. The molecule has 0 spiro atoms. The van der Waals surface area contributed by atoms with Gasteiger partial charge in [0.05, 0.1) is 11.0 Å². The summed E-state index contributed by atoms with van der Waals surface area (Å²) in [6.45, 7) is 3.10. The van der Waals surface area contributed by atoms with Gasteiger partial charge in [-0.15, -0.1) is 0 Å². The Balaban J connectivity index is 1.60. The van der Waals surface area contributed by atoms with Gasteiger partial charge in [0.1, 0.15) is 5.82 Å². The average Bonchev–Trinajstić information content (AvgIpc) is 3.30. The zero-order chi connectivity index (χ0) is 22.9. The molecule has 0 unspecified atom stereocenters. The highest BCUT2D eigenvalue weighted by atomic mass is 15.1. The summed E-state index contributed by atoms with van der Waals surface area (Å²) in [6.07, 6.45) is 8.69. The van der Waals surface area contributed by atoms with Crippen LogP contribution in [-0.4, -0.2) is 16.1 Å². The minimum Gasteiger partial charge on any atom is -0.341 e. The van der Waals surface area contributed by atoms with Gasteiger partial charge in [0.25, 0.3) is 0 Å². The number of hydrogen-bond acceptors (Lipinski definition) is 2. The van der Waals surface area contributed by atoms with Crippen LogP contribution in [0.1, 0.15) is 19.8 Å². The molecule has 0 amide bonds. The van der Waals surface area contributed by atoms with Gasteiger partial charge in [0.15, 0.2) is 0 Å². The largest absolute Gasteiger partial charge is 0.341 e. The van der Waals surface area contributed by atoms with Gasteiger partial charge in [-0.25, -0.2) is 4.98 Å². The Morgan fingerprint density at radius 3 is 2.38 bits per heavy atom. The standard InChI is InChI=1S/C31H27N3/c1-2-33(23-13-5-3-6-14-23)29-22-21-27(25-17-9-10-18-26(25)29)31-32-28-19-11-12-20-30(28)34(31)24-15-7-4-8-16-24/h3-7,9-15,17-22H,2,8,16H2,1H3. The van der Waals surface area contributed by atoms with Gasteiger partial charge in [0, 0.05) is 34.6 Å². The van der Waals surface area contributed by atoms with Crippen molar-refractivity contribution in [3.8, 4) is 11.4 Å². The predicted molar refractivity (Wildman–Crippen MR) is 144 cm³/mol. The van der Waals surface area contributed by atoms with Crippen molar-refractivity contribution in [2.45, 2.75) is 19.8 Å². The predicted octanol–water partition coefficient (Wildman–Crippen LogP) is 8.21. The zero-order valence-corrected chi connectivity index (χ0v) is 19.4. The van der Waals surface area contributed by atoms with Crippen LogP contribution < -0.4 is 4.90 Å². The van der Waals surface area contributed by atoms with Gasteiger partial charge >= 0.3 is 0 Å². The highest BCUT2D eigenvalue weighted by Gasteiger charge is 2.20. The van der Waals surface area contributed by atoms with Crippen LogP contribution in [0.5, 0.6) is 0 Å². The molecule has 4 aromatic carbocycles. The number of rotatable bonds is 5. The summed E-state index contributed by atoms with van der Waals surface area (Å²) in [6, 6.07) is 32.3. The van der Waals surface area contributed by atoms with Crippen molar-refractivity contribution in [3.63, 3.8) is 0 Å². The van der Waals surface area contributed by atoms with E-state index in [1.165, 1.54) is 27.8 Å². The maximum atomic E-state index is 5.15. The van der Waals surface area contributed by atoms with Crippen molar-refractivity contribution >= 4 is 38.9 Å². The number of para-hydroxylation sites is 3. The summed E-state index contributed by atoms with van der Waals surface area (Å²) in [5.74, 6) is 1.01. The first kappa shape index (κ1) is 20.5. The van der Waals surface area contributed by atoms with Crippen LogP contribution >= 0.6 is 0 Å². The van der Waals surface area contributed by atoms with Crippen molar-refractivity contribution in [2.75, 3.05) is 11.4 Å². The van der Waals surface area contributed by atoms with Crippen LogP contribution in [0, 0.1) is 0 Å². The summed E-state index contributed by atoms with van der Waals surface area (Å²) in [5.41, 5.74) is 7.06. The smallest absolute Gasteiger partial charge is 0.146 e. The van der Waals surface area contributed by atoms with Crippen molar-refractivity contribution in [1.82, 2.24) is 9.55 Å². The molecule has 0 aliphatic heterocycles. The second-order valence-electron chi connectivity index (χ2n) is 8.64. The molecule has 1 heterocycles. The van der Waals surface area contributed by atoms with E-state index >= 15 is 0 Å². The Bertz CT molecular complexity index is 1540. The molecule has 1 aromatic heterocycles. The Morgan fingerprint density at radius 2 is 1.59 bits per heavy atom. The fraction of sp³-hybridized carbons (Fsp3) is 0.129.